The van der Waals surface area contributed by atoms with Crippen LogP contribution in [0.25, 0.3) is 0 Å². The van der Waals surface area contributed by atoms with Crippen LogP contribution in [0.1, 0.15) is 44.0 Å². The van der Waals surface area contributed by atoms with Crippen LogP contribution in [0.5, 0.6) is 0 Å². The first kappa shape index (κ1) is 16.4. The molecular weight excluding hydrogens is 280 g/mol. The van der Waals surface area contributed by atoms with Crippen molar-refractivity contribution in [2.75, 3.05) is 0 Å². The highest BCUT2D eigenvalue weighted by molar-refractivity contribution is 6.32. The van der Waals surface area contributed by atoms with Gasteiger partial charge in [0.1, 0.15) is 5.02 Å². The van der Waals surface area contributed by atoms with Crippen molar-refractivity contribution in [3.05, 3.63) is 38.9 Å². The molecule has 1 atom stereocenters. The van der Waals surface area contributed by atoms with E-state index in [1.165, 1.54) is 18.2 Å². The molecule has 1 unspecified atom stereocenters. The fourth-order valence-corrected chi connectivity index (χ4v) is 1.94. The molecule has 110 valence electrons. The standard InChI is InChI=1S/C14H19ClN2O3/c1-9(2)4-5-10(3)16-14(18)11-6-7-12(15)13(8-11)17(19)20/h6-10H,4-5H2,1-3H3,(H,16,18). The number of nitrogens with one attached hydrogen (secondary N) is 1. The number of nitrogens with zero attached hydrogens (tertiary/aromatic N) is 1. The quantitative estimate of drug-likeness (QED) is 0.641. The summed E-state index contributed by atoms with van der Waals surface area (Å²) >= 11 is 5.71. The van der Waals surface area contributed by atoms with Crippen molar-refractivity contribution in [1.82, 2.24) is 5.32 Å². The molecule has 0 heterocycles. The van der Waals surface area contributed by atoms with E-state index in [0.29, 0.717) is 5.92 Å². The number of nitro benzene ring substituents is 1. The van der Waals surface area contributed by atoms with E-state index in [0.717, 1.165) is 12.8 Å². The average Bonchev–Trinajstić information content (AvgIpc) is 2.36. The van der Waals surface area contributed by atoms with Crippen LogP contribution in [-0.4, -0.2) is 16.9 Å². The number of amides is 1. The average molecular weight is 299 g/mol. The molecule has 0 saturated carbocycles. The van der Waals surface area contributed by atoms with Gasteiger partial charge in [0, 0.05) is 17.7 Å². The molecule has 0 radical (unpaired) electrons. The topological polar surface area (TPSA) is 72.2 Å². The second kappa shape index (κ2) is 7.24. The number of carbonyl (C=O) groups excluding carboxylic acids is 1. The van der Waals surface area contributed by atoms with Crippen LogP contribution in [0.2, 0.25) is 5.02 Å². The Morgan fingerprint density at radius 2 is 2.00 bits per heavy atom. The molecule has 1 rings (SSSR count). The molecule has 0 aromatic heterocycles. The minimum absolute atomic E-state index is 0.0272. The van der Waals surface area contributed by atoms with E-state index in [4.69, 9.17) is 11.6 Å². The summed E-state index contributed by atoms with van der Waals surface area (Å²) in [5.41, 5.74) is -0.00773. The lowest BCUT2D eigenvalue weighted by molar-refractivity contribution is -0.384. The summed E-state index contributed by atoms with van der Waals surface area (Å²) in [6, 6.07) is 4.08. The van der Waals surface area contributed by atoms with E-state index in [1.54, 1.807) is 0 Å². The highest BCUT2D eigenvalue weighted by atomic mass is 35.5. The fraction of sp³-hybridized carbons (Fsp3) is 0.500. The summed E-state index contributed by atoms with van der Waals surface area (Å²) in [4.78, 5) is 22.2. The highest BCUT2D eigenvalue weighted by Gasteiger charge is 2.17. The number of hydrogen-bond acceptors (Lipinski definition) is 3. The normalized spacial score (nSPS) is 12.2. The van der Waals surface area contributed by atoms with Gasteiger partial charge in [-0.3, -0.25) is 14.9 Å². The summed E-state index contributed by atoms with van der Waals surface area (Å²) in [5.74, 6) is 0.256. The Bertz CT molecular complexity index is 503. The highest BCUT2D eigenvalue weighted by Crippen LogP contribution is 2.25. The molecule has 0 spiro atoms. The predicted molar refractivity (Wildman–Crippen MR) is 79.1 cm³/mol. The maximum Gasteiger partial charge on any atom is 0.288 e. The Kier molecular flexibility index (Phi) is 5.95. The number of nitro groups is 1. The number of halogens is 1. The van der Waals surface area contributed by atoms with Gasteiger partial charge < -0.3 is 5.32 Å². The van der Waals surface area contributed by atoms with Crippen molar-refractivity contribution >= 4 is 23.2 Å². The fourth-order valence-electron chi connectivity index (χ4n) is 1.76. The van der Waals surface area contributed by atoms with E-state index < -0.39 is 4.92 Å². The number of benzene rings is 1. The van der Waals surface area contributed by atoms with Gasteiger partial charge in [-0.25, -0.2) is 0 Å². The third-order valence-corrected chi connectivity index (χ3v) is 3.28. The lowest BCUT2D eigenvalue weighted by Crippen LogP contribution is -2.32. The molecule has 5 nitrogen and oxygen atoms in total. The van der Waals surface area contributed by atoms with Crippen molar-refractivity contribution in [3.63, 3.8) is 0 Å². The molecule has 20 heavy (non-hydrogen) atoms. The van der Waals surface area contributed by atoms with Crippen molar-refractivity contribution in [3.8, 4) is 0 Å². The van der Waals surface area contributed by atoms with Crippen LogP contribution in [0.3, 0.4) is 0 Å². The third kappa shape index (κ3) is 4.81. The molecule has 0 aliphatic rings. The van der Waals surface area contributed by atoms with Crippen LogP contribution >= 0.6 is 11.6 Å². The van der Waals surface area contributed by atoms with Crippen LogP contribution in [0, 0.1) is 16.0 Å². The minimum Gasteiger partial charge on any atom is -0.350 e. The van der Waals surface area contributed by atoms with Gasteiger partial charge in [0.25, 0.3) is 11.6 Å². The lowest BCUT2D eigenvalue weighted by atomic mass is 10.0. The first-order valence-corrected chi connectivity index (χ1v) is 6.94. The molecule has 0 bridgehead atoms. The van der Waals surface area contributed by atoms with E-state index in [9.17, 15) is 14.9 Å². The molecule has 0 aliphatic heterocycles. The molecule has 1 aromatic carbocycles. The molecule has 0 aliphatic carbocycles. The van der Waals surface area contributed by atoms with Crippen molar-refractivity contribution in [2.24, 2.45) is 5.92 Å². The summed E-state index contributed by atoms with van der Waals surface area (Å²) in [6.07, 6.45) is 1.89. The summed E-state index contributed by atoms with van der Waals surface area (Å²) < 4.78 is 0. The Morgan fingerprint density at radius 3 is 2.55 bits per heavy atom. The number of carbonyl (C=O) groups is 1. The van der Waals surface area contributed by atoms with E-state index in [1.807, 2.05) is 6.92 Å². The third-order valence-electron chi connectivity index (χ3n) is 2.96. The van der Waals surface area contributed by atoms with Crippen LogP contribution in [-0.2, 0) is 0 Å². The summed E-state index contributed by atoms with van der Waals surface area (Å²) in [6.45, 7) is 6.17. The van der Waals surface area contributed by atoms with Gasteiger partial charge in [0.05, 0.1) is 4.92 Å². The maximum absolute atomic E-state index is 12.0. The Labute approximate surface area is 123 Å². The Morgan fingerprint density at radius 1 is 1.35 bits per heavy atom. The summed E-state index contributed by atoms with van der Waals surface area (Å²) in [5, 5.41) is 13.6. The van der Waals surface area contributed by atoms with Gasteiger partial charge in [0.15, 0.2) is 0 Å². The van der Waals surface area contributed by atoms with Crippen molar-refractivity contribution in [1.29, 1.82) is 0 Å². The Hall–Kier alpha value is -1.62. The van der Waals surface area contributed by atoms with E-state index >= 15 is 0 Å². The van der Waals surface area contributed by atoms with Crippen molar-refractivity contribution < 1.29 is 9.72 Å². The van der Waals surface area contributed by atoms with Gasteiger partial charge >= 0.3 is 0 Å². The number of hydrogen-bond donors (Lipinski definition) is 1. The Balaban J connectivity index is 2.73. The molecule has 1 aromatic rings. The smallest absolute Gasteiger partial charge is 0.288 e. The molecule has 0 saturated heterocycles. The molecule has 1 amide bonds. The minimum atomic E-state index is -0.596. The second-order valence-corrected chi connectivity index (χ2v) is 5.68. The zero-order chi connectivity index (χ0) is 15.3. The predicted octanol–water partition coefficient (Wildman–Crippen LogP) is 3.80. The zero-order valence-electron chi connectivity index (χ0n) is 11.9. The van der Waals surface area contributed by atoms with Crippen LogP contribution < -0.4 is 5.32 Å². The largest absolute Gasteiger partial charge is 0.350 e. The molecule has 1 N–H and O–H groups in total. The van der Waals surface area contributed by atoms with Crippen molar-refractivity contribution in [2.45, 2.75) is 39.7 Å². The van der Waals surface area contributed by atoms with Gasteiger partial charge in [-0.05, 0) is 37.8 Å². The van der Waals surface area contributed by atoms with Crippen LogP contribution in [0.15, 0.2) is 18.2 Å². The van der Waals surface area contributed by atoms with Gasteiger partial charge in [-0.15, -0.1) is 0 Å². The van der Waals surface area contributed by atoms with E-state index in [-0.39, 0.29) is 28.2 Å². The molecular formula is C14H19ClN2O3. The molecule has 6 heteroatoms. The maximum atomic E-state index is 12.0. The SMILES string of the molecule is CC(C)CCC(C)NC(=O)c1ccc(Cl)c([N+](=O)[O-])c1. The van der Waals surface area contributed by atoms with E-state index in [2.05, 4.69) is 19.2 Å². The van der Waals surface area contributed by atoms with Gasteiger partial charge in [0.2, 0.25) is 0 Å². The number of rotatable bonds is 6. The zero-order valence-corrected chi connectivity index (χ0v) is 12.6. The van der Waals surface area contributed by atoms with Gasteiger partial charge in [-0.1, -0.05) is 25.4 Å². The first-order chi connectivity index (χ1) is 9.31. The molecule has 0 fully saturated rings. The van der Waals surface area contributed by atoms with Gasteiger partial charge in [-0.2, -0.15) is 0 Å². The summed E-state index contributed by atoms with van der Waals surface area (Å²) in [7, 11) is 0. The monoisotopic (exact) mass is 298 g/mol. The first-order valence-electron chi connectivity index (χ1n) is 6.56. The second-order valence-electron chi connectivity index (χ2n) is 5.27. The van der Waals surface area contributed by atoms with Crippen LogP contribution in [0.4, 0.5) is 5.69 Å². The lowest BCUT2D eigenvalue weighted by Gasteiger charge is -2.15.